The van der Waals surface area contributed by atoms with E-state index in [0.29, 0.717) is 5.02 Å². The second kappa shape index (κ2) is 4.43. The van der Waals surface area contributed by atoms with Crippen LogP contribution in [-0.4, -0.2) is 4.98 Å². The van der Waals surface area contributed by atoms with Crippen molar-refractivity contribution in [2.45, 2.75) is 0 Å². The van der Waals surface area contributed by atoms with E-state index in [0.717, 1.165) is 11.3 Å². The molecule has 0 aliphatic carbocycles. The zero-order valence-corrected chi connectivity index (χ0v) is 8.64. The number of hydrogen-bond acceptors (Lipinski definition) is 1. The van der Waals surface area contributed by atoms with Gasteiger partial charge in [-0.1, -0.05) is 34.1 Å². The molecule has 0 aliphatic heterocycles. The molecule has 1 aromatic rings. The molecule has 3 heteroatoms. The lowest BCUT2D eigenvalue weighted by atomic mass is 10.2. The van der Waals surface area contributed by atoms with Crippen LogP contribution in [0.1, 0.15) is 11.3 Å². The van der Waals surface area contributed by atoms with Crippen LogP contribution in [0.4, 0.5) is 0 Å². The molecule has 1 heterocycles. The lowest BCUT2D eigenvalue weighted by molar-refractivity contribution is 1.28. The summed E-state index contributed by atoms with van der Waals surface area (Å²) >= 11 is 9.11. The van der Waals surface area contributed by atoms with Crippen LogP contribution >= 0.6 is 27.5 Å². The molecule has 62 valence electrons. The van der Waals surface area contributed by atoms with Crippen molar-refractivity contribution in [3.8, 4) is 0 Å². The Morgan fingerprint density at radius 2 is 2.33 bits per heavy atom. The van der Waals surface area contributed by atoms with Crippen LogP contribution in [0.15, 0.2) is 23.8 Å². The minimum absolute atomic E-state index is 0.676. The Kier molecular flexibility index (Phi) is 3.50. The van der Waals surface area contributed by atoms with E-state index in [1.165, 1.54) is 0 Å². The molecule has 1 rings (SSSR count). The maximum Gasteiger partial charge on any atom is 0.0711 e. The highest BCUT2D eigenvalue weighted by molar-refractivity contribution is 9.11. The van der Waals surface area contributed by atoms with Gasteiger partial charge in [0.1, 0.15) is 0 Å². The first-order chi connectivity index (χ1) is 5.79. The van der Waals surface area contributed by atoms with E-state index < -0.39 is 0 Å². The van der Waals surface area contributed by atoms with Crippen LogP contribution in [0.2, 0.25) is 5.02 Å². The summed E-state index contributed by atoms with van der Waals surface area (Å²) in [6, 6.07) is 1.75. The van der Waals surface area contributed by atoms with Gasteiger partial charge in [0.05, 0.1) is 10.7 Å². The van der Waals surface area contributed by atoms with Crippen molar-refractivity contribution >= 4 is 39.7 Å². The molecule has 0 amide bonds. The van der Waals surface area contributed by atoms with Gasteiger partial charge in [0.25, 0.3) is 0 Å². The molecule has 0 saturated carbocycles. The molecular formula is C9H7BrClN. The van der Waals surface area contributed by atoms with Gasteiger partial charge < -0.3 is 0 Å². The first-order valence-corrected chi connectivity index (χ1v) is 4.62. The van der Waals surface area contributed by atoms with Gasteiger partial charge in [-0.2, -0.15) is 0 Å². The summed E-state index contributed by atoms with van der Waals surface area (Å²) in [5.41, 5.74) is 1.67. The van der Waals surface area contributed by atoms with E-state index in [-0.39, 0.29) is 0 Å². The standard InChI is InChI=1S/C9H7BrClN/c1-2-9-7(3-5-10)8(11)4-6-12-9/h2-6H,1H2/b5-3+. The minimum Gasteiger partial charge on any atom is -0.256 e. The number of nitrogens with zero attached hydrogens (tertiary/aromatic N) is 1. The van der Waals surface area contributed by atoms with Gasteiger partial charge in [-0.25, -0.2) is 0 Å². The number of halogens is 2. The van der Waals surface area contributed by atoms with Crippen molar-refractivity contribution in [3.63, 3.8) is 0 Å². The van der Waals surface area contributed by atoms with Crippen molar-refractivity contribution in [2.24, 2.45) is 0 Å². The molecule has 0 fully saturated rings. The normalized spacial score (nSPS) is 10.5. The summed E-state index contributed by atoms with van der Waals surface area (Å²) in [6.07, 6.45) is 5.17. The molecule has 0 saturated heterocycles. The monoisotopic (exact) mass is 243 g/mol. The van der Waals surface area contributed by atoms with Crippen molar-refractivity contribution in [2.75, 3.05) is 0 Å². The summed E-state index contributed by atoms with van der Waals surface area (Å²) in [7, 11) is 0. The van der Waals surface area contributed by atoms with Crippen LogP contribution in [0.25, 0.3) is 12.2 Å². The zero-order chi connectivity index (χ0) is 8.97. The number of hydrogen-bond donors (Lipinski definition) is 0. The fourth-order valence-electron chi connectivity index (χ4n) is 0.855. The van der Waals surface area contributed by atoms with Crippen LogP contribution < -0.4 is 0 Å². The second-order valence-electron chi connectivity index (χ2n) is 2.09. The molecule has 0 aromatic carbocycles. The third kappa shape index (κ3) is 1.96. The van der Waals surface area contributed by atoms with E-state index in [2.05, 4.69) is 27.5 Å². The zero-order valence-electron chi connectivity index (χ0n) is 6.30. The average Bonchev–Trinajstić information content (AvgIpc) is 2.09. The van der Waals surface area contributed by atoms with E-state index in [1.807, 2.05) is 6.08 Å². The summed E-state index contributed by atoms with van der Waals surface area (Å²) in [5.74, 6) is 0. The van der Waals surface area contributed by atoms with Crippen molar-refractivity contribution in [1.82, 2.24) is 4.98 Å². The maximum absolute atomic E-state index is 5.93. The van der Waals surface area contributed by atoms with Crippen LogP contribution in [0.5, 0.6) is 0 Å². The molecule has 0 spiro atoms. The SMILES string of the molecule is C=Cc1nccc(Cl)c1/C=C/Br. The van der Waals surface area contributed by atoms with Gasteiger partial charge in [0.2, 0.25) is 0 Å². The molecule has 0 aliphatic rings. The van der Waals surface area contributed by atoms with E-state index in [4.69, 9.17) is 11.6 Å². The van der Waals surface area contributed by atoms with Crippen LogP contribution in [-0.2, 0) is 0 Å². The number of rotatable bonds is 2. The molecular weight excluding hydrogens is 237 g/mol. The van der Waals surface area contributed by atoms with Gasteiger partial charge in [-0.15, -0.1) is 0 Å². The molecule has 1 nitrogen and oxygen atoms in total. The Morgan fingerprint density at radius 1 is 1.58 bits per heavy atom. The Morgan fingerprint density at radius 3 is 2.92 bits per heavy atom. The molecule has 0 atom stereocenters. The third-order valence-corrected chi connectivity index (χ3v) is 1.98. The van der Waals surface area contributed by atoms with E-state index >= 15 is 0 Å². The predicted octanol–water partition coefficient (Wildman–Crippen LogP) is 3.74. The Bertz CT molecular complexity index is 320. The second-order valence-corrected chi connectivity index (χ2v) is 3.02. The molecule has 12 heavy (non-hydrogen) atoms. The Labute approximate surface area is 84.9 Å². The first-order valence-electron chi connectivity index (χ1n) is 3.33. The fourth-order valence-corrected chi connectivity index (χ4v) is 1.34. The van der Waals surface area contributed by atoms with Gasteiger partial charge in [0, 0.05) is 11.8 Å². The number of aromatic nitrogens is 1. The largest absolute Gasteiger partial charge is 0.256 e. The highest BCUT2D eigenvalue weighted by Crippen LogP contribution is 2.20. The van der Waals surface area contributed by atoms with E-state index in [1.54, 1.807) is 23.3 Å². The summed E-state index contributed by atoms with van der Waals surface area (Å²) in [4.78, 5) is 5.84. The lowest BCUT2D eigenvalue weighted by Gasteiger charge is -2.00. The maximum atomic E-state index is 5.93. The fraction of sp³-hybridized carbons (Fsp3) is 0. The minimum atomic E-state index is 0.676. The van der Waals surface area contributed by atoms with Crippen molar-refractivity contribution in [1.29, 1.82) is 0 Å². The van der Waals surface area contributed by atoms with Gasteiger partial charge in [0.15, 0.2) is 0 Å². The summed E-state index contributed by atoms with van der Waals surface area (Å²) < 4.78 is 0. The van der Waals surface area contributed by atoms with Crippen molar-refractivity contribution < 1.29 is 0 Å². The van der Waals surface area contributed by atoms with Crippen LogP contribution in [0, 0.1) is 0 Å². The molecule has 0 unspecified atom stereocenters. The topological polar surface area (TPSA) is 12.9 Å². The first kappa shape index (κ1) is 9.49. The van der Waals surface area contributed by atoms with Gasteiger partial charge >= 0.3 is 0 Å². The smallest absolute Gasteiger partial charge is 0.0711 e. The number of pyridine rings is 1. The lowest BCUT2D eigenvalue weighted by Crippen LogP contribution is -1.85. The molecule has 0 bridgehead atoms. The van der Waals surface area contributed by atoms with Gasteiger partial charge in [-0.05, 0) is 23.2 Å². The molecule has 0 N–H and O–H groups in total. The summed E-state index contributed by atoms with van der Waals surface area (Å²) in [6.45, 7) is 3.64. The predicted molar refractivity (Wildman–Crippen MR) is 57.3 cm³/mol. The summed E-state index contributed by atoms with van der Waals surface area (Å²) in [5, 5.41) is 0.676. The Hall–Kier alpha value is -0.600. The molecule has 0 radical (unpaired) electrons. The van der Waals surface area contributed by atoms with Gasteiger partial charge in [-0.3, -0.25) is 4.98 Å². The van der Waals surface area contributed by atoms with Crippen LogP contribution in [0.3, 0.4) is 0 Å². The van der Waals surface area contributed by atoms with Crippen molar-refractivity contribution in [3.05, 3.63) is 40.1 Å². The van der Waals surface area contributed by atoms with E-state index in [9.17, 15) is 0 Å². The Balaban J connectivity index is 3.28. The molecule has 1 aromatic heterocycles. The highest BCUT2D eigenvalue weighted by atomic mass is 79.9. The highest BCUT2D eigenvalue weighted by Gasteiger charge is 2.00. The average molecular weight is 245 g/mol. The quantitative estimate of drug-likeness (QED) is 0.772. The third-order valence-electron chi connectivity index (χ3n) is 1.39.